The maximum absolute atomic E-state index is 12.1. The zero-order valence-electron chi connectivity index (χ0n) is 15.6. The zero-order chi connectivity index (χ0) is 18.7. The summed E-state index contributed by atoms with van der Waals surface area (Å²) in [4.78, 5) is 13.9. The predicted octanol–water partition coefficient (Wildman–Crippen LogP) is 5.63. The van der Waals surface area contributed by atoms with Gasteiger partial charge in [-0.3, -0.25) is 0 Å². The quantitative estimate of drug-likeness (QED) is 0.646. The summed E-state index contributed by atoms with van der Waals surface area (Å²) in [5, 5.41) is 2.35. The third kappa shape index (κ3) is 4.91. The van der Waals surface area contributed by atoms with Gasteiger partial charge in [-0.1, -0.05) is 40.2 Å². The maximum atomic E-state index is 12.1. The van der Waals surface area contributed by atoms with Crippen LogP contribution in [-0.2, 0) is 4.74 Å². The number of halogens is 1. The first kappa shape index (κ1) is 19.0. The highest BCUT2D eigenvalue weighted by molar-refractivity contribution is 9.10. The molecule has 5 heteroatoms. The molecule has 1 aliphatic rings. The topological polar surface area (TPSA) is 38.8 Å². The van der Waals surface area contributed by atoms with E-state index in [0.29, 0.717) is 12.5 Å². The second kappa shape index (κ2) is 7.87. The Labute approximate surface area is 163 Å². The molecule has 1 fully saturated rings. The molecule has 1 aliphatic heterocycles. The maximum Gasteiger partial charge on any atom is 0.410 e. The number of ether oxygens (including phenoxy) is 2. The molecule has 0 bridgehead atoms. The fourth-order valence-corrected chi connectivity index (χ4v) is 3.73. The Kier molecular flexibility index (Phi) is 5.76. The number of likely N-dealkylation sites (tertiary alicyclic amines) is 1. The number of amides is 1. The van der Waals surface area contributed by atoms with Crippen molar-refractivity contribution in [2.24, 2.45) is 5.92 Å². The molecular weight excluding hydrogens is 394 g/mol. The monoisotopic (exact) mass is 419 g/mol. The number of carbonyl (C=O) groups is 1. The van der Waals surface area contributed by atoms with Crippen molar-refractivity contribution >= 4 is 32.8 Å². The van der Waals surface area contributed by atoms with Crippen LogP contribution in [0.5, 0.6) is 5.75 Å². The van der Waals surface area contributed by atoms with E-state index in [4.69, 9.17) is 9.47 Å². The molecule has 140 valence electrons. The number of nitrogens with zero attached hydrogens (tertiary/aromatic N) is 1. The van der Waals surface area contributed by atoms with Crippen molar-refractivity contribution in [2.45, 2.75) is 39.2 Å². The second-order valence-electron chi connectivity index (χ2n) is 7.85. The SMILES string of the molecule is CC(C)(C)OC(=O)N1CCC(COc2cc(Br)c3ccccc3c2)CC1. The average molecular weight is 420 g/mol. The molecule has 0 aliphatic carbocycles. The van der Waals surface area contributed by atoms with E-state index in [1.165, 1.54) is 5.39 Å². The molecule has 0 spiro atoms. The van der Waals surface area contributed by atoms with E-state index in [2.05, 4.69) is 34.1 Å². The summed E-state index contributed by atoms with van der Waals surface area (Å²) in [6, 6.07) is 12.4. The van der Waals surface area contributed by atoms with Gasteiger partial charge >= 0.3 is 6.09 Å². The van der Waals surface area contributed by atoms with Crippen LogP contribution < -0.4 is 4.74 Å². The summed E-state index contributed by atoms with van der Waals surface area (Å²) in [6.07, 6.45) is 1.66. The fraction of sp³-hybridized carbons (Fsp3) is 0.476. The third-order valence-electron chi connectivity index (χ3n) is 4.54. The van der Waals surface area contributed by atoms with Gasteiger partial charge in [-0.15, -0.1) is 0 Å². The predicted molar refractivity (Wildman–Crippen MR) is 108 cm³/mol. The summed E-state index contributed by atoms with van der Waals surface area (Å²) in [5.41, 5.74) is -0.444. The molecule has 2 aromatic carbocycles. The number of hydrogen-bond acceptors (Lipinski definition) is 3. The third-order valence-corrected chi connectivity index (χ3v) is 5.19. The highest BCUT2D eigenvalue weighted by Crippen LogP contribution is 2.30. The molecule has 3 rings (SSSR count). The van der Waals surface area contributed by atoms with Gasteiger partial charge in [-0.05, 0) is 62.4 Å². The van der Waals surface area contributed by atoms with Gasteiger partial charge in [0.2, 0.25) is 0 Å². The van der Waals surface area contributed by atoms with E-state index in [0.717, 1.165) is 41.5 Å². The Balaban J connectivity index is 1.52. The van der Waals surface area contributed by atoms with Crippen molar-refractivity contribution in [3.05, 3.63) is 40.9 Å². The highest BCUT2D eigenvalue weighted by Gasteiger charge is 2.27. The molecule has 26 heavy (non-hydrogen) atoms. The molecule has 1 amide bonds. The van der Waals surface area contributed by atoms with Crippen LogP contribution in [0.2, 0.25) is 0 Å². The lowest BCUT2D eigenvalue weighted by Gasteiger charge is -2.33. The first-order valence-corrected chi connectivity index (χ1v) is 9.90. The van der Waals surface area contributed by atoms with E-state index in [1.807, 2.05) is 39.0 Å². The molecular formula is C21H26BrNO3. The van der Waals surface area contributed by atoms with E-state index in [1.54, 1.807) is 4.90 Å². The molecule has 0 saturated carbocycles. The Morgan fingerprint density at radius 1 is 1.19 bits per heavy atom. The number of benzene rings is 2. The number of carbonyl (C=O) groups excluding carboxylic acids is 1. The molecule has 0 N–H and O–H groups in total. The molecule has 0 radical (unpaired) electrons. The van der Waals surface area contributed by atoms with E-state index >= 15 is 0 Å². The van der Waals surface area contributed by atoms with Crippen molar-refractivity contribution in [1.29, 1.82) is 0 Å². The summed E-state index contributed by atoms with van der Waals surface area (Å²) >= 11 is 3.62. The number of rotatable bonds is 3. The van der Waals surface area contributed by atoms with E-state index < -0.39 is 5.60 Å². The average Bonchev–Trinajstić information content (AvgIpc) is 2.59. The van der Waals surface area contributed by atoms with Crippen molar-refractivity contribution in [3.63, 3.8) is 0 Å². The number of piperidine rings is 1. The largest absolute Gasteiger partial charge is 0.493 e. The van der Waals surface area contributed by atoms with Crippen molar-refractivity contribution in [3.8, 4) is 5.75 Å². The van der Waals surface area contributed by atoms with Crippen LogP contribution in [0, 0.1) is 5.92 Å². The smallest absolute Gasteiger partial charge is 0.410 e. The standard InChI is InChI=1S/C21H26BrNO3/c1-21(2,3)26-20(24)23-10-8-15(9-11-23)14-25-17-12-16-6-4-5-7-18(16)19(22)13-17/h4-7,12-13,15H,8-11,14H2,1-3H3. The van der Waals surface area contributed by atoms with Gasteiger partial charge in [0.1, 0.15) is 11.4 Å². The first-order valence-electron chi connectivity index (χ1n) is 9.11. The van der Waals surface area contributed by atoms with Crippen molar-refractivity contribution < 1.29 is 14.3 Å². The van der Waals surface area contributed by atoms with Crippen LogP contribution in [0.4, 0.5) is 4.79 Å². The summed E-state index contributed by atoms with van der Waals surface area (Å²) in [6.45, 7) is 7.81. The normalized spacial score (nSPS) is 15.9. The summed E-state index contributed by atoms with van der Waals surface area (Å²) in [7, 11) is 0. The number of hydrogen-bond donors (Lipinski definition) is 0. The highest BCUT2D eigenvalue weighted by atomic mass is 79.9. The number of fused-ring (bicyclic) bond motifs is 1. The lowest BCUT2D eigenvalue weighted by molar-refractivity contribution is 0.0165. The van der Waals surface area contributed by atoms with Gasteiger partial charge < -0.3 is 14.4 Å². The van der Waals surface area contributed by atoms with Crippen molar-refractivity contribution in [1.82, 2.24) is 4.90 Å². The lowest BCUT2D eigenvalue weighted by Crippen LogP contribution is -2.42. The lowest BCUT2D eigenvalue weighted by atomic mass is 9.98. The molecule has 0 atom stereocenters. The Hall–Kier alpha value is -1.75. The molecule has 1 saturated heterocycles. The Bertz CT molecular complexity index is 776. The molecule has 2 aromatic rings. The summed E-state index contributed by atoms with van der Waals surface area (Å²) < 4.78 is 12.5. The van der Waals surface area contributed by atoms with Gasteiger partial charge in [-0.2, -0.15) is 0 Å². The van der Waals surface area contributed by atoms with Gasteiger partial charge in [0.15, 0.2) is 0 Å². The Morgan fingerprint density at radius 2 is 1.88 bits per heavy atom. The van der Waals surface area contributed by atoms with Gasteiger partial charge in [0.25, 0.3) is 0 Å². The van der Waals surface area contributed by atoms with Gasteiger partial charge in [-0.25, -0.2) is 4.79 Å². The van der Waals surface area contributed by atoms with E-state index in [-0.39, 0.29) is 6.09 Å². The van der Waals surface area contributed by atoms with Crippen molar-refractivity contribution in [2.75, 3.05) is 19.7 Å². The van der Waals surface area contributed by atoms with Crippen LogP contribution in [0.15, 0.2) is 40.9 Å². The van der Waals surface area contributed by atoms with Crippen LogP contribution >= 0.6 is 15.9 Å². The van der Waals surface area contributed by atoms with Crippen LogP contribution in [0.1, 0.15) is 33.6 Å². The van der Waals surface area contributed by atoms with Gasteiger partial charge in [0.05, 0.1) is 6.61 Å². The summed E-state index contributed by atoms with van der Waals surface area (Å²) in [5.74, 6) is 1.34. The minimum Gasteiger partial charge on any atom is -0.493 e. The van der Waals surface area contributed by atoms with Crippen LogP contribution in [0.25, 0.3) is 10.8 Å². The fourth-order valence-electron chi connectivity index (χ4n) is 3.14. The second-order valence-corrected chi connectivity index (χ2v) is 8.70. The van der Waals surface area contributed by atoms with Crippen LogP contribution in [0.3, 0.4) is 0 Å². The first-order chi connectivity index (χ1) is 12.3. The van der Waals surface area contributed by atoms with E-state index in [9.17, 15) is 4.79 Å². The molecule has 0 unspecified atom stereocenters. The minimum atomic E-state index is -0.444. The molecule has 4 nitrogen and oxygen atoms in total. The zero-order valence-corrected chi connectivity index (χ0v) is 17.2. The molecule has 0 aromatic heterocycles. The minimum absolute atomic E-state index is 0.213. The van der Waals surface area contributed by atoms with Crippen LogP contribution in [-0.4, -0.2) is 36.3 Å². The molecule has 1 heterocycles. The Morgan fingerprint density at radius 3 is 2.58 bits per heavy atom. The van der Waals surface area contributed by atoms with Gasteiger partial charge in [0, 0.05) is 17.6 Å².